The summed E-state index contributed by atoms with van der Waals surface area (Å²) in [4.78, 5) is 0. The van der Waals surface area contributed by atoms with Crippen molar-refractivity contribution in [3.05, 3.63) is 45.9 Å². The molecule has 1 N–H and O–H groups in total. The Kier molecular flexibility index (Phi) is 6.33. The van der Waals surface area contributed by atoms with E-state index in [2.05, 4.69) is 66.6 Å². The Morgan fingerprint density at radius 2 is 1.71 bits per heavy atom. The van der Waals surface area contributed by atoms with Crippen LogP contribution in [0.1, 0.15) is 67.6 Å². The van der Waals surface area contributed by atoms with Crippen molar-refractivity contribution in [2.45, 2.75) is 52.0 Å². The third-order valence-electron chi connectivity index (χ3n) is 3.71. The monoisotopic (exact) mass is 303 g/mol. The molecule has 0 aliphatic carbocycles. The molecule has 0 fully saturated rings. The Hall–Kier alpha value is -1.26. The Bertz CT molecular complexity index is 524. The first-order chi connectivity index (χ1) is 10.3. The quantitative estimate of drug-likeness (QED) is 0.778. The first-order valence-corrected chi connectivity index (χ1v) is 8.73. The maximum Gasteiger partial charge on any atom is 0.134 e. The summed E-state index contributed by atoms with van der Waals surface area (Å²) < 4.78 is 0. The zero-order valence-electron chi connectivity index (χ0n) is 13.2. The van der Waals surface area contributed by atoms with Crippen LogP contribution < -0.4 is 5.32 Å². The summed E-state index contributed by atoms with van der Waals surface area (Å²) in [6, 6.07) is 11.0. The number of aromatic nitrogens is 2. The van der Waals surface area contributed by atoms with E-state index in [0.29, 0.717) is 12.0 Å². The predicted molar refractivity (Wildman–Crippen MR) is 89.8 cm³/mol. The molecule has 0 amide bonds. The molecule has 1 aromatic heterocycles. The summed E-state index contributed by atoms with van der Waals surface area (Å²) in [5, 5.41) is 14.7. The molecular weight excluding hydrogens is 278 g/mol. The average molecular weight is 303 g/mol. The van der Waals surface area contributed by atoms with Gasteiger partial charge in [-0.15, -0.1) is 10.2 Å². The Morgan fingerprint density at radius 1 is 1.00 bits per heavy atom. The van der Waals surface area contributed by atoms with Gasteiger partial charge in [0.15, 0.2) is 0 Å². The van der Waals surface area contributed by atoms with Gasteiger partial charge in [0, 0.05) is 5.92 Å². The zero-order valence-corrected chi connectivity index (χ0v) is 14.0. The molecule has 0 radical (unpaired) electrons. The van der Waals surface area contributed by atoms with Crippen LogP contribution in [0.3, 0.4) is 0 Å². The van der Waals surface area contributed by atoms with Gasteiger partial charge < -0.3 is 5.32 Å². The number of nitrogens with one attached hydrogen (secondary N) is 1. The molecule has 2 atom stereocenters. The maximum atomic E-state index is 4.47. The van der Waals surface area contributed by atoms with Crippen molar-refractivity contribution in [3.63, 3.8) is 0 Å². The first-order valence-electron chi connectivity index (χ1n) is 7.91. The molecule has 0 saturated carbocycles. The van der Waals surface area contributed by atoms with Crippen molar-refractivity contribution in [3.8, 4) is 0 Å². The van der Waals surface area contributed by atoms with E-state index < -0.39 is 0 Å². The van der Waals surface area contributed by atoms with Crippen LogP contribution in [0.15, 0.2) is 30.3 Å². The van der Waals surface area contributed by atoms with Crippen LogP contribution in [0.4, 0.5) is 0 Å². The number of hydrogen-bond acceptors (Lipinski definition) is 4. The minimum Gasteiger partial charge on any atom is -0.308 e. The van der Waals surface area contributed by atoms with E-state index in [4.69, 9.17) is 0 Å². The van der Waals surface area contributed by atoms with E-state index in [9.17, 15) is 0 Å². The first kappa shape index (κ1) is 16.1. The fourth-order valence-corrected chi connectivity index (χ4v) is 3.71. The fraction of sp³-hybridized carbons (Fsp3) is 0.529. The molecule has 3 nitrogen and oxygen atoms in total. The standard InChI is InChI=1S/C17H25N3S/c1-4-12-18-15(6-3)17-20-19-16(21-17)14(5-2)13-10-8-7-9-11-13/h7-11,14-15,18H,4-6,12H2,1-3H3. The van der Waals surface area contributed by atoms with E-state index in [1.807, 2.05) is 0 Å². The van der Waals surface area contributed by atoms with Crippen LogP contribution in [0.25, 0.3) is 0 Å². The Morgan fingerprint density at radius 3 is 2.33 bits per heavy atom. The van der Waals surface area contributed by atoms with E-state index in [1.54, 1.807) is 11.3 Å². The molecule has 2 rings (SSSR count). The number of benzene rings is 1. The van der Waals surface area contributed by atoms with E-state index in [-0.39, 0.29) is 0 Å². The SMILES string of the molecule is CCCNC(CC)c1nnc(C(CC)c2ccccc2)s1. The van der Waals surface area contributed by atoms with Gasteiger partial charge in [0.25, 0.3) is 0 Å². The fourth-order valence-electron chi connectivity index (χ4n) is 2.49. The highest BCUT2D eigenvalue weighted by molar-refractivity contribution is 7.11. The normalized spacial score (nSPS) is 14.0. The van der Waals surface area contributed by atoms with Gasteiger partial charge in [0.1, 0.15) is 10.0 Å². The van der Waals surface area contributed by atoms with Gasteiger partial charge in [-0.05, 0) is 31.4 Å². The molecule has 4 heteroatoms. The molecule has 2 aromatic rings. The summed E-state index contributed by atoms with van der Waals surface area (Å²) in [6.07, 6.45) is 3.25. The molecule has 0 aliphatic rings. The largest absolute Gasteiger partial charge is 0.308 e. The van der Waals surface area contributed by atoms with Crippen LogP contribution in [0.2, 0.25) is 0 Å². The highest BCUT2D eigenvalue weighted by Gasteiger charge is 2.20. The third-order valence-corrected chi connectivity index (χ3v) is 4.86. The van der Waals surface area contributed by atoms with Crippen LogP contribution >= 0.6 is 11.3 Å². The summed E-state index contributed by atoms with van der Waals surface area (Å²) in [5.41, 5.74) is 1.33. The minimum atomic E-state index is 0.337. The molecule has 0 aliphatic heterocycles. The molecule has 0 bridgehead atoms. The van der Waals surface area contributed by atoms with E-state index in [0.717, 1.165) is 35.8 Å². The lowest BCUT2D eigenvalue weighted by Gasteiger charge is -2.13. The second-order valence-electron chi connectivity index (χ2n) is 5.27. The zero-order chi connectivity index (χ0) is 15.1. The number of rotatable bonds is 8. The predicted octanol–water partition coefficient (Wildman–Crippen LogP) is 4.53. The van der Waals surface area contributed by atoms with Crippen molar-refractivity contribution >= 4 is 11.3 Å². The van der Waals surface area contributed by atoms with Gasteiger partial charge in [-0.2, -0.15) is 0 Å². The van der Waals surface area contributed by atoms with Gasteiger partial charge >= 0.3 is 0 Å². The third kappa shape index (κ3) is 4.11. The van der Waals surface area contributed by atoms with E-state index in [1.165, 1.54) is 5.56 Å². The lowest BCUT2D eigenvalue weighted by atomic mass is 9.97. The van der Waals surface area contributed by atoms with Gasteiger partial charge in [-0.3, -0.25) is 0 Å². The van der Waals surface area contributed by atoms with Crippen molar-refractivity contribution in [1.82, 2.24) is 15.5 Å². The number of nitrogens with zero attached hydrogens (tertiary/aromatic N) is 2. The average Bonchev–Trinajstić information content (AvgIpc) is 2.99. The number of hydrogen-bond donors (Lipinski definition) is 1. The van der Waals surface area contributed by atoms with Crippen LogP contribution in [-0.4, -0.2) is 16.7 Å². The highest BCUT2D eigenvalue weighted by Crippen LogP contribution is 2.32. The summed E-state index contributed by atoms with van der Waals surface area (Å²) in [5.74, 6) is 0.362. The molecule has 0 saturated heterocycles. The highest BCUT2D eigenvalue weighted by atomic mass is 32.1. The molecule has 0 spiro atoms. The van der Waals surface area contributed by atoms with Gasteiger partial charge in [-0.1, -0.05) is 62.4 Å². The summed E-state index contributed by atoms with van der Waals surface area (Å²) in [6.45, 7) is 7.63. The van der Waals surface area contributed by atoms with Gasteiger partial charge in [0.2, 0.25) is 0 Å². The van der Waals surface area contributed by atoms with Crippen LogP contribution in [0, 0.1) is 0 Å². The Labute approximate surface area is 131 Å². The minimum absolute atomic E-state index is 0.337. The summed E-state index contributed by atoms with van der Waals surface area (Å²) >= 11 is 1.76. The molecule has 1 aromatic carbocycles. The lowest BCUT2D eigenvalue weighted by Crippen LogP contribution is -2.21. The summed E-state index contributed by atoms with van der Waals surface area (Å²) in [7, 11) is 0. The maximum absolute atomic E-state index is 4.47. The second kappa shape index (κ2) is 8.25. The molecule has 1 heterocycles. The lowest BCUT2D eigenvalue weighted by molar-refractivity contribution is 0.512. The van der Waals surface area contributed by atoms with Crippen LogP contribution in [0.5, 0.6) is 0 Å². The molecule has 21 heavy (non-hydrogen) atoms. The molecule has 2 unspecified atom stereocenters. The van der Waals surface area contributed by atoms with Crippen molar-refractivity contribution in [2.24, 2.45) is 0 Å². The second-order valence-corrected chi connectivity index (χ2v) is 6.31. The molecular formula is C17H25N3S. The molecule has 114 valence electrons. The van der Waals surface area contributed by atoms with Crippen molar-refractivity contribution in [1.29, 1.82) is 0 Å². The van der Waals surface area contributed by atoms with E-state index >= 15 is 0 Å². The smallest absolute Gasteiger partial charge is 0.134 e. The van der Waals surface area contributed by atoms with Crippen molar-refractivity contribution < 1.29 is 0 Å². The van der Waals surface area contributed by atoms with Crippen LogP contribution in [-0.2, 0) is 0 Å². The van der Waals surface area contributed by atoms with Gasteiger partial charge in [-0.25, -0.2) is 0 Å². The van der Waals surface area contributed by atoms with Crippen molar-refractivity contribution in [2.75, 3.05) is 6.54 Å². The van der Waals surface area contributed by atoms with Gasteiger partial charge in [0.05, 0.1) is 6.04 Å². The topological polar surface area (TPSA) is 37.8 Å². The Balaban J connectivity index is 2.17.